The highest BCUT2D eigenvalue weighted by atomic mass is 35.5. The van der Waals surface area contributed by atoms with Crippen molar-refractivity contribution in [3.05, 3.63) is 39.7 Å². The average molecular weight is 342 g/mol. The quantitative estimate of drug-likeness (QED) is 0.858. The maximum atomic E-state index is 11.8. The van der Waals surface area contributed by atoms with Crippen LogP contribution in [0.15, 0.2) is 24.3 Å². The first-order valence-corrected chi connectivity index (χ1v) is 7.19. The van der Waals surface area contributed by atoms with Gasteiger partial charge in [0.2, 0.25) is 5.06 Å². The molecule has 6 nitrogen and oxygen atoms in total. The van der Waals surface area contributed by atoms with E-state index in [2.05, 4.69) is 9.47 Å². The predicted octanol–water partition coefficient (Wildman–Crippen LogP) is 3.35. The molecule has 2 rings (SSSR count). The first-order valence-electron chi connectivity index (χ1n) is 5.99. The molecule has 116 valence electrons. The highest BCUT2D eigenvalue weighted by Gasteiger charge is 2.19. The first kappa shape index (κ1) is 16.1. The van der Waals surface area contributed by atoms with Gasteiger partial charge in [0, 0.05) is 5.02 Å². The lowest BCUT2D eigenvalue weighted by Gasteiger charge is -2.09. The Hall–Kier alpha value is -2.25. The summed E-state index contributed by atoms with van der Waals surface area (Å²) in [6.45, 7) is 0. The van der Waals surface area contributed by atoms with Gasteiger partial charge in [-0.05, 0) is 24.3 Å². The molecule has 0 fully saturated rings. The second-order valence-electron chi connectivity index (χ2n) is 4.08. The largest absolute Gasteiger partial charge is 0.465 e. The number of benzene rings is 1. The Kier molecular flexibility index (Phi) is 4.89. The molecule has 0 atom stereocenters. The van der Waals surface area contributed by atoms with Crippen LogP contribution in [0.2, 0.25) is 5.02 Å². The number of esters is 2. The molecule has 0 spiro atoms. The lowest BCUT2D eigenvalue weighted by Crippen LogP contribution is -2.03. The number of hydrogen-bond acceptors (Lipinski definition) is 7. The Labute approximate surface area is 135 Å². The van der Waals surface area contributed by atoms with Crippen molar-refractivity contribution in [3.8, 4) is 10.8 Å². The summed E-state index contributed by atoms with van der Waals surface area (Å²) in [6, 6.07) is 5.95. The van der Waals surface area contributed by atoms with E-state index in [1.165, 1.54) is 32.4 Å². The number of ether oxygens (including phenoxy) is 3. The summed E-state index contributed by atoms with van der Waals surface area (Å²) in [6.07, 6.45) is 0. The molecule has 8 heteroatoms. The molecule has 2 aromatic rings. The molecular formula is C14H12ClNO5S. The number of thiophene rings is 1. The second-order valence-corrected chi connectivity index (χ2v) is 5.53. The Morgan fingerprint density at radius 3 is 2.45 bits per heavy atom. The monoisotopic (exact) mass is 341 g/mol. The van der Waals surface area contributed by atoms with E-state index in [4.69, 9.17) is 22.1 Å². The predicted molar refractivity (Wildman–Crippen MR) is 82.9 cm³/mol. The van der Waals surface area contributed by atoms with Gasteiger partial charge in [0.15, 0.2) is 0 Å². The molecule has 1 aromatic heterocycles. The van der Waals surface area contributed by atoms with Gasteiger partial charge in [0.25, 0.3) is 0 Å². The van der Waals surface area contributed by atoms with Crippen LogP contribution in [0, 0.1) is 0 Å². The maximum absolute atomic E-state index is 11.8. The molecule has 0 bridgehead atoms. The van der Waals surface area contributed by atoms with Crippen molar-refractivity contribution in [1.29, 1.82) is 0 Å². The number of carbonyl (C=O) groups is 2. The van der Waals surface area contributed by atoms with E-state index in [1.54, 1.807) is 6.07 Å². The highest BCUT2D eigenvalue weighted by molar-refractivity contribution is 7.16. The summed E-state index contributed by atoms with van der Waals surface area (Å²) in [7, 11) is 2.52. The van der Waals surface area contributed by atoms with Crippen LogP contribution in [-0.2, 0) is 9.47 Å². The minimum absolute atomic E-state index is 0.155. The zero-order valence-corrected chi connectivity index (χ0v) is 13.3. The Balaban J connectivity index is 2.37. The standard InChI is InChI=1S/C14H12ClNO5S/c1-19-12(17)8-5-7(15)3-4-10(8)21-14-9(16)6-11(22-14)13(18)20-2/h3-6H,16H2,1-2H3. The number of nitrogens with two attached hydrogens (primary N) is 1. The normalized spacial score (nSPS) is 10.1. The van der Waals surface area contributed by atoms with Gasteiger partial charge in [-0.3, -0.25) is 0 Å². The average Bonchev–Trinajstić information content (AvgIpc) is 2.88. The Bertz CT molecular complexity index is 728. The number of hydrogen-bond donors (Lipinski definition) is 1. The summed E-state index contributed by atoms with van der Waals surface area (Å²) >= 11 is 6.88. The molecule has 22 heavy (non-hydrogen) atoms. The minimum Gasteiger partial charge on any atom is -0.465 e. The molecule has 1 heterocycles. The van der Waals surface area contributed by atoms with Gasteiger partial charge in [-0.1, -0.05) is 22.9 Å². The molecule has 0 unspecified atom stereocenters. The van der Waals surface area contributed by atoms with E-state index in [0.717, 1.165) is 11.3 Å². The van der Waals surface area contributed by atoms with Crippen LogP contribution in [0.4, 0.5) is 5.69 Å². The fourth-order valence-corrected chi connectivity index (χ4v) is 2.66. The Morgan fingerprint density at radius 2 is 1.82 bits per heavy atom. The van der Waals surface area contributed by atoms with Crippen molar-refractivity contribution in [3.63, 3.8) is 0 Å². The smallest absolute Gasteiger partial charge is 0.348 e. The molecular weight excluding hydrogens is 330 g/mol. The zero-order chi connectivity index (χ0) is 16.3. The summed E-state index contributed by atoms with van der Waals surface area (Å²) < 4.78 is 14.9. The molecule has 0 radical (unpaired) electrons. The second kappa shape index (κ2) is 6.67. The van der Waals surface area contributed by atoms with Gasteiger partial charge < -0.3 is 19.9 Å². The molecule has 0 saturated carbocycles. The van der Waals surface area contributed by atoms with Gasteiger partial charge in [0.1, 0.15) is 16.2 Å². The van der Waals surface area contributed by atoms with Crippen molar-refractivity contribution >= 4 is 40.6 Å². The number of halogens is 1. The third kappa shape index (κ3) is 3.32. The van der Waals surface area contributed by atoms with Gasteiger partial charge in [-0.2, -0.15) is 0 Å². The van der Waals surface area contributed by atoms with E-state index >= 15 is 0 Å². The topological polar surface area (TPSA) is 87.9 Å². The van der Waals surface area contributed by atoms with Crippen molar-refractivity contribution in [2.45, 2.75) is 0 Å². The maximum Gasteiger partial charge on any atom is 0.348 e. The lowest BCUT2D eigenvalue weighted by atomic mass is 10.2. The molecule has 0 amide bonds. The third-order valence-corrected chi connectivity index (χ3v) is 3.91. The fraction of sp³-hybridized carbons (Fsp3) is 0.143. The number of methoxy groups -OCH3 is 2. The van der Waals surface area contributed by atoms with Crippen molar-refractivity contribution in [2.24, 2.45) is 0 Å². The molecule has 0 aliphatic heterocycles. The van der Waals surface area contributed by atoms with Crippen LogP contribution in [0.3, 0.4) is 0 Å². The summed E-state index contributed by atoms with van der Waals surface area (Å²) in [5.41, 5.74) is 6.22. The lowest BCUT2D eigenvalue weighted by molar-refractivity contribution is 0.0592. The fourth-order valence-electron chi connectivity index (χ4n) is 1.63. The number of carbonyl (C=O) groups excluding carboxylic acids is 2. The SMILES string of the molecule is COC(=O)c1cc(N)c(Oc2ccc(Cl)cc2C(=O)OC)s1. The summed E-state index contributed by atoms with van der Waals surface area (Å²) in [5.74, 6) is -0.891. The first-order chi connectivity index (χ1) is 10.5. The molecule has 2 N–H and O–H groups in total. The van der Waals surface area contributed by atoms with Crippen molar-refractivity contribution in [2.75, 3.05) is 20.0 Å². The van der Waals surface area contributed by atoms with Crippen molar-refractivity contribution in [1.82, 2.24) is 0 Å². The number of rotatable bonds is 4. The third-order valence-electron chi connectivity index (χ3n) is 2.66. The van der Waals surface area contributed by atoms with Crippen LogP contribution in [0.1, 0.15) is 20.0 Å². The molecule has 0 saturated heterocycles. The van der Waals surface area contributed by atoms with E-state index in [0.29, 0.717) is 9.90 Å². The van der Waals surface area contributed by atoms with Crippen LogP contribution in [0.5, 0.6) is 10.8 Å². The molecule has 1 aromatic carbocycles. The van der Waals surface area contributed by atoms with Gasteiger partial charge in [-0.25, -0.2) is 9.59 Å². The van der Waals surface area contributed by atoms with Crippen LogP contribution in [-0.4, -0.2) is 26.2 Å². The van der Waals surface area contributed by atoms with Crippen LogP contribution >= 0.6 is 22.9 Å². The van der Waals surface area contributed by atoms with Gasteiger partial charge >= 0.3 is 11.9 Å². The zero-order valence-electron chi connectivity index (χ0n) is 11.7. The number of anilines is 1. The highest BCUT2D eigenvalue weighted by Crippen LogP contribution is 2.38. The molecule has 0 aliphatic rings. The van der Waals surface area contributed by atoms with E-state index in [-0.39, 0.29) is 22.1 Å². The molecule has 0 aliphatic carbocycles. The van der Waals surface area contributed by atoms with Gasteiger partial charge in [-0.15, -0.1) is 0 Å². The summed E-state index contributed by atoms with van der Waals surface area (Å²) in [5, 5.41) is 0.634. The van der Waals surface area contributed by atoms with E-state index < -0.39 is 11.9 Å². The van der Waals surface area contributed by atoms with Crippen LogP contribution in [0.25, 0.3) is 0 Å². The van der Waals surface area contributed by atoms with Crippen LogP contribution < -0.4 is 10.5 Å². The Morgan fingerprint density at radius 1 is 1.14 bits per heavy atom. The minimum atomic E-state index is -0.596. The van der Waals surface area contributed by atoms with Gasteiger partial charge in [0.05, 0.1) is 19.9 Å². The number of nitrogen functional groups attached to an aromatic ring is 1. The van der Waals surface area contributed by atoms with Crippen molar-refractivity contribution < 1.29 is 23.8 Å². The van der Waals surface area contributed by atoms with E-state index in [1.807, 2.05) is 0 Å². The summed E-state index contributed by atoms with van der Waals surface area (Å²) in [4.78, 5) is 23.5. The van der Waals surface area contributed by atoms with E-state index in [9.17, 15) is 9.59 Å².